The molecule has 2 N–H and O–H groups in total. The summed E-state index contributed by atoms with van der Waals surface area (Å²) >= 11 is 0. The van der Waals surface area contributed by atoms with Crippen LogP contribution in [0.4, 0.5) is 5.95 Å². The van der Waals surface area contributed by atoms with Crippen LogP contribution in [0.1, 0.15) is 32.1 Å². The molecule has 5 rings (SSSR count). The van der Waals surface area contributed by atoms with Gasteiger partial charge in [-0.3, -0.25) is 0 Å². The number of nitrogens with zero attached hydrogens (tertiary/aromatic N) is 6. The van der Waals surface area contributed by atoms with Gasteiger partial charge in [0.1, 0.15) is 16.9 Å². The summed E-state index contributed by atoms with van der Waals surface area (Å²) in [5, 5.41) is 13.1. The molecule has 1 aliphatic rings. The first kappa shape index (κ1) is 18.6. The molecule has 0 aliphatic heterocycles. The molecular formula is C22H24N8. The average molecular weight is 400 g/mol. The van der Waals surface area contributed by atoms with Crippen LogP contribution in [0.25, 0.3) is 33.6 Å². The fraction of sp³-hybridized carbons (Fsp3) is 0.409. The maximum Gasteiger partial charge on any atom is 0.223 e. The lowest BCUT2D eigenvalue weighted by Gasteiger charge is -2.28. The van der Waals surface area contributed by atoms with Crippen molar-refractivity contribution in [2.45, 2.75) is 38.6 Å². The largest absolute Gasteiger partial charge is 0.357 e. The number of imidazole rings is 1. The van der Waals surface area contributed by atoms with Crippen molar-refractivity contribution in [2.24, 2.45) is 11.8 Å². The van der Waals surface area contributed by atoms with Crippen molar-refractivity contribution in [3.05, 3.63) is 30.7 Å². The van der Waals surface area contributed by atoms with Crippen molar-refractivity contribution in [3.8, 4) is 17.6 Å². The second kappa shape index (κ2) is 7.75. The Morgan fingerprint density at radius 2 is 2.00 bits per heavy atom. The molecule has 0 radical (unpaired) electrons. The fourth-order valence-electron chi connectivity index (χ4n) is 4.61. The van der Waals surface area contributed by atoms with Crippen LogP contribution in [0, 0.1) is 23.2 Å². The van der Waals surface area contributed by atoms with E-state index in [2.05, 4.69) is 42.0 Å². The Bertz CT molecular complexity index is 1220. The zero-order valence-electron chi connectivity index (χ0n) is 17.0. The minimum atomic E-state index is 0.547. The van der Waals surface area contributed by atoms with Gasteiger partial charge in [0.15, 0.2) is 5.82 Å². The van der Waals surface area contributed by atoms with Crippen molar-refractivity contribution >= 4 is 28.0 Å². The summed E-state index contributed by atoms with van der Waals surface area (Å²) in [6.07, 6.45) is 10.7. The van der Waals surface area contributed by atoms with Crippen LogP contribution in [-0.2, 0) is 6.54 Å². The predicted octanol–water partition coefficient (Wildman–Crippen LogP) is 4.13. The van der Waals surface area contributed by atoms with Crippen LogP contribution in [0.2, 0.25) is 0 Å². The van der Waals surface area contributed by atoms with Gasteiger partial charge >= 0.3 is 0 Å². The smallest absolute Gasteiger partial charge is 0.223 e. The third-order valence-corrected chi connectivity index (χ3v) is 6.19. The summed E-state index contributed by atoms with van der Waals surface area (Å²) in [6, 6.07) is 6.31. The third-order valence-electron chi connectivity index (χ3n) is 6.19. The minimum Gasteiger partial charge on any atom is -0.357 e. The predicted molar refractivity (Wildman–Crippen MR) is 116 cm³/mol. The van der Waals surface area contributed by atoms with Crippen molar-refractivity contribution in [1.82, 2.24) is 29.5 Å². The number of hydrogen-bond acceptors (Lipinski definition) is 6. The molecule has 152 valence electrons. The van der Waals surface area contributed by atoms with Gasteiger partial charge in [-0.25, -0.2) is 19.9 Å². The highest BCUT2D eigenvalue weighted by molar-refractivity contribution is 6.02. The second-order valence-electron chi connectivity index (χ2n) is 8.04. The van der Waals surface area contributed by atoms with Gasteiger partial charge in [-0.2, -0.15) is 5.26 Å². The van der Waals surface area contributed by atoms with E-state index in [-0.39, 0.29) is 0 Å². The number of H-pyrrole nitrogens is 1. The molecule has 4 heterocycles. The summed E-state index contributed by atoms with van der Waals surface area (Å²) in [7, 11) is 1.81. The van der Waals surface area contributed by atoms with E-state index < -0.39 is 0 Å². The monoisotopic (exact) mass is 400 g/mol. The van der Waals surface area contributed by atoms with Gasteiger partial charge in [0, 0.05) is 37.8 Å². The number of rotatable bonds is 5. The molecule has 30 heavy (non-hydrogen) atoms. The summed E-state index contributed by atoms with van der Waals surface area (Å²) in [4.78, 5) is 21.5. The molecule has 1 fully saturated rings. The van der Waals surface area contributed by atoms with Crippen LogP contribution in [0.3, 0.4) is 0 Å². The van der Waals surface area contributed by atoms with Crippen molar-refractivity contribution in [3.63, 3.8) is 0 Å². The highest BCUT2D eigenvalue weighted by atomic mass is 15.1. The Morgan fingerprint density at radius 1 is 1.17 bits per heavy atom. The topological polar surface area (TPSA) is 108 Å². The number of pyridine rings is 1. The molecule has 0 saturated heterocycles. The summed E-state index contributed by atoms with van der Waals surface area (Å²) in [5.41, 5.74) is 3.64. The molecule has 0 bridgehead atoms. The summed E-state index contributed by atoms with van der Waals surface area (Å²) in [6.45, 7) is 0.883. The van der Waals surface area contributed by atoms with Crippen LogP contribution in [0.15, 0.2) is 30.7 Å². The molecule has 0 aromatic carbocycles. The molecular weight excluding hydrogens is 376 g/mol. The van der Waals surface area contributed by atoms with Crippen molar-refractivity contribution in [2.75, 3.05) is 12.4 Å². The fourth-order valence-corrected chi connectivity index (χ4v) is 4.61. The molecule has 0 spiro atoms. The Hall–Kier alpha value is -3.47. The van der Waals surface area contributed by atoms with Gasteiger partial charge < -0.3 is 14.9 Å². The molecule has 8 heteroatoms. The van der Waals surface area contributed by atoms with Crippen LogP contribution >= 0.6 is 0 Å². The van der Waals surface area contributed by atoms with Crippen LogP contribution < -0.4 is 5.32 Å². The van der Waals surface area contributed by atoms with E-state index in [1.54, 1.807) is 6.20 Å². The molecule has 0 atom stereocenters. The molecule has 4 aromatic heterocycles. The van der Waals surface area contributed by atoms with Crippen molar-refractivity contribution < 1.29 is 0 Å². The highest BCUT2D eigenvalue weighted by Crippen LogP contribution is 2.35. The van der Waals surface area contributed by atoms with Crippen molar-refractivity contribution in [1.29, 1.82) is 5.26 Å². The Labute approximate surface area is 174 Å². The number of aromatic nitrogens is 6. The minimum absolute atomic E-state index is 0.547. The molecule has 1 aliphatic carbocycles. The summed E-state index contributed by atoms with van der Waals surface area (Å²) < 4.78 is 2.31. The Morgan fingerprint density at radius 3 is 2.80 bits per heavy atom. The van der Waals surface area contributed by atoms with Crippen LogP contribution in [0.5, 0.6) is 0 Å². The molecule has 8 nitrogen and oxygen atoms in total. The van der Waals surface area contributed by atoms with E-state index in [0.29, 0.717) is 24.2 Å². The van der Waals surface area contributed by atoms with Gasteiger partial charge in [0.05, 0.1) is 17.8 Å². The first-order valence-electron chi connectivity index (χ1n) is 10.5. The van der Waals surface area contributed by atoms with E-state index in [0.717, 1.165) is 65.8 Å². The quantitative estimate of drug-likeness (QED) is 0.521. The number of anilines is 1. The second-order valence-corrected chi connectivity index (χ2v) is 8.04. The number of hydrogen-bond donors (Lipinski definition) is 2. The standard InChI is InChI=1S/C22H24N8/c1-24-22-26-11-8-17(29-22)21-28-18-12-27-20-16(7-10-25-20)19(18)30(21)13-15-4-2-14(3-5-15)6-9-23/h7-8,10-12,14-15H,2-6,13H2,1H3,(H,25,27)(H,24,26,29). The molecule has 0 amide bonds. The van der Waals surface area contributed by atoms with E-state index in [4.69, 9.17) is 10.2 Å². The Kier molecular flexibility index (Phi) is 4.79. The van der Waals surface area contributed by atoms with Gasteiger partial charge in [-0.1, -0.05) is 0 Å². The molecule has 0 unspecified atom stereocenters. The van der Waals surface area contributed by atoms with Gasteiger partial charge in [0.25, 0.3) is 0 Å². The normalized spacial score (nSPS) is 19.2. The van der Waals surface area contributed by atoms with E-state index >= 15 is 0 Å². The first-order chi connectivity index (χ1) is 14.8. The lowest BCUT2D eigenvalue weighted by Crippen LogP contribution is -2.19. The van der Waals surface area contributed by atoms with Crippen LogP contribution in [-0.4, -0.2) is 36.5 Å². The zero-order chi connectivity index (χ0) is 20.5. The number of nitrogens with one attached hydrogen (secondary N) is 2. The zero-order valence-corrected chi connectivity index (χ0v) is 17.0. The Balaban J connectivity index is 1.59. The third kappa shape index (κ3) is 3.26. The van der Waals surface area contributed by atoms with E-state index in [9.17, 15) is 0 Å². The molecule has 4 aromatic rings. The van der Waals surface area contributed by atoms with Gasteiger partial charge in [-0.15, -0.1) is 0 Å². The summed E-state index contributed by atoms with van der Waals surface area (Å²) in [5.74, 6) is 2.53. The highest BCUT2D eigenvalue weighted by Gasteiger charge is 2.25. The number of aromatic amines is 1. The van der Waals surface area contributed by atoms with E-state index in [1.165, 1.54) is 0 Å². The average Bonchev–Trinajstić information content (AvgIpc) is 3.40. The lowest BCUT2D eigenvalue weighted by molar-refractivity contribution is 0.257. The number of fused-ring (bicyclic) bond motifs is 3. The SMILES string of the molecule is CNc1nccc(-c2nc3cnc4[nH]ccc4c3n2CC2CCC(CC#N)CC2)n1. The first-order valence-corrected chi connectivity index (χ1v) is 10.5. The maximum atomic E-state index is 9.01. The maximum absolute atomic E-state index is 9.01. The van der Waals surface area contributed by atoms with E-state index in [1.807, 2.05) is 25.5 Å². The molecule has 1 saturated carbocycles. The van der Waals surface area contributed by atoms with Gasteiger partial charge in [0.2, 0.25) is 5.95 Å². The lowest BCUT2D eigenvalue weighted by atomic mass is 9.80. The number of nitriles is 1. The van der Waals surface area contributed by atoms with Gasteiger partial charge in [-0.05, 0) is 49.7 Å².